The number of nitrogens with two attached hydrogens (primary N) is 2. The number of anilines is 1. The zero-order chi connectivity index (χ0) is 20.4. The van der Waals surface area contributed by atoms with Gasteiger partial charge in [-0.15, -0.1) is 5.10 Å². The lowest BCUT2D eigenvalue weighted by atomic mass is 10.1. The van der Waals surface area contributed by atoms with Gasteiger partial charge in [-0.1, -0.05) is 26.7 Å². The number of piperidine rings is 1. The first-order valence-electron chi connectivity index (χ1n) is 10.4. The van der Waals surface area contributed by atoms with E-state index >= 15 is 0 Å². The van der Waals surface area contributed by atoms with Crippen molar-refractivity contribution >= 4 is 23.5 Å². The fourth-order valence-corrected chi connectivity index (χ4v) is 3.96. The van der Waals surface area contributed by atoms with Crippen molar-refractivity contribution in [2.24, 2.45) is 16.7 Å². The van der Waals surface area contributed by atoms with Gasteiger partial charge in [-0.2, -0.15) is 0 Å². The Bertz CT molecular complexity index is 617. The molecule has 8 heteroatoms. The van der Waals surface area contributed by atoms with E-state index < -0.39 is 0 Å². The highest BCUT2D eigenvalue weighted by Crippen LogP contribution is 2.25. The number of rotatable bonds is 11. The van der Waals surface area contributed by atoms with E-state index in [9.17, 15) is 0 Å². The molecule has 1 aliphatic rings. The average molecular weight is 408 g/mol. The molecule has 0 saturated carbocycles. The Labute approximate surface area is 174 Å². The first-order chi connectivity index (χ1) is 13.6. The summed E-state index contributed by atoms with van der Waals surface area (Å²) in [7, 11) is 1.91. The number of benzene rings is 1. The smallest absolute Gasteiger partial charge is 0.154 e. The monoisotopic (exact) mass is 407 g/mol. The van der Waals surface area contributed by atoms with E-state index in [4.69, 9.17) is 11.6 Å². The summed E-state index contributed by atoms with van der Waals surface area (Å²) < 4.78 is 3.11. The number of hydrazone groups is 1. The average Bonchev–Trinajstić information content (AvgIpc) is 2.72. The molecule has 1 aromatic carbocycles. The molecule has 1 aromatic rings. The van der Waals surface area contributed by atoms with Gasteiger partial charge in [0.05, 0.1) is 6.04 Å². The minimum Gasteiger partial charge on any atom is -0.382 e. The Hall–Kier alpha value is -1.48. The summed E-state index contributed by atoms with van der Waals surface area (Å²) >= 11 is 1.56. The maximum Gasteiger partial charge on any atom is 0.154 e. The predicted molar refractivity (Wildman–Crippen MR) is 121 cm³/mol. The van der Waals surface area contributed by atoms with Gasteiger partial charge in [-0.05, 0) is 69.4 Å². The first-order valence-corrected chi connectivity index (χ1v) is 11.2. The summed E-state index contributed by atoms with van der Waals surface area (Å²) in [6.07, 6.45) is 6.75. The fraction of sp³-hybridized carbons (Fsp3) is 0.650. The Morgan fingerprint density at radius 1 is 1.43 bits per heavy atom. The zero-order valence-corrected chi connectivity index (χ0v) is 18.3. The van der Waals surface area contributed by atoms with E-state index in [-0.39, 0.29) is 6.04 Å². The van der Waals surface area contributed by atoms with Crippen molar-refractivity contribution in [3.05, 3.63) is 23.8 Å². The summed E-state index contributed by atoms with van der Waals surface area (Å²) in [5.74, 6) is 6.66. The van der Waals surface area contributed by atoms with Crippen LogP contribution in [-0.2, 0) is 0 Å². The van der Waals surface area contributed by atoms with Crippen molar-refractivity contribution in [2.75, 3.05) is 25.5 Å². The van der Waals surface area contributed by atoms with E-state index in [1.807, 2.05) is 7.05 Å². The van der Waals surface area contributed by atoms with Crippen molar-refractivity contribution in [3.63, 3.8) is 0 Å². The summed E-state index contributed by atoms with van der Waals surface area (Å²) in [6, 6.07) is 6.85. The largest absolute Gasteiger partial charge is 0.382 e. The maximum atomic E-state index is 6.42. The second-order valence-corrected chi connectivity index (χ2v) is 8.35. The molecule has 1 aliphatic heterocycles. The molecule has 7 N–H and O–H groups in total. The Kier molecular flexibility index (Phi) is 9.91. The molecule has 2 atom stereocenters. The molecule has 0 aromatic heterocycles. The van der Waals surface area contributed by atoms with Crippen LogP contribution in [0.25, 0.3) is 0 Å². The van der Waals surface area contributed by atoms with Gasteiger partial charge in [-0.25, -0.2) is 11.0 Å². The van der Waals surface area contributed by atoms with Crippen LogP contribution in [0.3, 0.4) is 0 Å². The number of nitrogens with zero attached hydrogens (tertiary/aromatic N) is 2. The van der Waals surface area contributed by atoms with Crippen LogP contribution in [0.5, 0.6) is 0 Å². The van der Waals surface area contributed by atoms with Crippen LogP contribution in [0.2, 0.25) is 0 Å². The minimum absolute atomic E-state index is 0.173. The Morgan fingerprint density at radius 3 is 2.89 bits per heavy atom. The number of hydrogen-bond donors (Lipinski definition) is 5. The van der Waals surface area contributed by atoms with Gasteiger partial charge in [-0.3, -0.25) is 4.72 Å². The molecule has 158 valence electrons. The molecular weight excluding hydrogens is 370 g/mol. The Morgan fingerprint density at radius 2 is 2.25 bits per heavy atom. The van der Waals surface area contributed by atoms with Crippen molar-refractivity contribution in [1.29, 1.82) is 0 Å². The van der Waals surface area contributed by atoms with E-state index in [0.29, 0.717) is 11.9 Å². The normalized spacial score (nSPS) is 18.7. The van der Waals surface area contributed by atoms with Crippen LogP contribution < -0.4 is 26.9 Å². The molecule has 2 unspecified atom stereocenters. The second kappa shape index (κ2) is 12.2. The van der Waals surface area contributed by atoms with Gasteiger partial charge in [0.15, 0.2) is 5.84 Å². The highest BCUT2D eigenvalue weighted by atomic mass is 32.2. The van der Waals surface area contributed by atoms with Crippen molar-refractivity contribution in [1.82, 2.24) is 15.2 Å². The van der Waals surface area contributed by atoms with E-state index in [0.717, 1.165) is 54.9 Å². The molecule has 0 spiro atoms. The SMILES string of the molecule is CCCCC(CC)Nc1ccc(SNC)cc1/C(N)=N/N(N)C1CCCNC1. The first kappa shape index (κ1) is 22.8. The second-order valence-electron chi connectivity index (χ2n) is 7.27. The van der Waals surface area contributed by atoms with Crippen LogP contribution >= 0.6 is 11.9 Å². The number of hydrazine groups is 1. The lowest BCUT2D eigenvalue weighted by Crippen LogP contribution is -2.47. The number of nitrogens with one attached hydrogen (secondary N) is 3. The van der Waals surface area contributed by atoms with E-state index in [2.05, 4.69) is 52.5 Å². The molecular formula is C20H37N7S. The van der Waals surface area contributed by atoms with Gasteiger partial charge in [0, 0.05) is 28.7 Å². The number of hydrogen-bond acceptors (Lipinski definition) is 7. The molecule has 7 nitrogen and oxygen atoms in total. The van der Waals surface area contributed by atoms with E-state index in [1.54, 1.807) is 11.9 Å². The van der Waals surface area contributed by atoms with Crippen LogP contribution in [0.15, 0.2) is 28.2 Å². The highest BCUT2D eigenvalue weighted by Gasteiger charge is 2.19. The van der Waals surface area contributed by atoms with Gasteiger partial charge in [0.1, 0.15) is 0 Å². The lowest BCUT2D eigenvalue weighted by molar-refractivity contribution is 0.175. The molecule has 1 saturated heterocycles. The van der Waals surface area contributed by atoms with Crippen LogP contribution in [0.4, 0.5) is 5.69 Å². The molecule has 28 heavy (non-hydrogen) atoms. The van der Waals surface area contributed by atoms with Crippen molar-refractivity contribution < 1.29 is 0 Å². The number of unbranched alkanes of at least 4 members (excludes halogenated alkanes) is 1. The maximum absolute atomic E-state index is 6.42. The summed E-state index contributed by atoms with van der Waals surface area (Å²) in [4.78, 5) is 1.09. The molecule has 0 radical (unpaired) electrons. The summed E-state index contributed by atoms with van der Waals surface area (Å²) in [5.41, 5.74) is 8.34. The molecule has 0 bridgehead atoms. The van der Waals surface area contributed by atoms with Crippen LogP contribution in [-0.4, -0.2) is 43.2 Å². The molecule has 1 heterocycles. The Balaban J connectivity index is 2.24. The van der Waals surface area contributed by atoms with Crippen molar-refractivity contribution in [2.45, 2.75) is 69.4 Å². The summed E-state index contributed by atoms with van der Waals surface area (Å²) in [6.45, 7) is 6.32. The summed E-state index contributed by atoms with van der Waals surface area (Å²) in [5, 5.41) is 13.1. The van der Waals surface area contributed by atoms with Gasteiger partial charge in [0.25, 0.3) is 0 Å². The van der Waals surface area contributed by atoms with E-state index in [1.165, 1.54) is 18.0 Å². The third-order valence-corrected chi connectivity index (χ3v) is 5.81. The third kappa shape index (κ3) is 6.84. The fourth-order valence-electron chi connectivity index (χ4n) is 3.41. The third-order valence-electron chi connectivity index (χ3n) is 5.11. The highest BCUT2D eigenvalue weighted by molar-refractivity contribution is 7.97. The molecule has 2 rings (SSSR count). The van der Waals surface area contributed by atoms with Gasteiger partial charge >= 0.3 is 0 Å². The topological polar surface area (TPSA) is 104 Å². The lowest BCUT2D eigenvalue weighted by Gasteiger charge is -2.29. The van der Waals surface area contributed by atoms with Crippen LogP contribution in [0.1, 0.15) is 57.9 Å². The van der Waals surface area contributed by atoms with Gasteiger partial charge in [0.2, 0.25) is 0 Å². The van der Waals surface area contributed by atoms with Gasteiger partial charge < -0.3 is 16.4 Å². The predicted octanol–water partition coefficient (Wildman–Crippen LogP) is 2.84. The zero-order valence-electron chi connectivity index (χ0n) is 17.5. The standard InChI is InChI=1S/C20H37N7S/c1-4-6-8-15(5-2)25-19-11-10-17(28-23-3)13-18(19)20(21)26-27(22)16-9-7-12-24-14-16/h10-11,13,15-16,23-25H,4-9,12,14,22H2,1-3H3,(H2,21,26). The van der Waals surface area contributed by atoms with Crippen molar-refractivity contribution in [3.8, 4) is 0 Å². The molecule has 0 amide bonds. The number of amidine groups is 1. The van der Waals surface area contributed by atoms with Crippen LogP contribution in [0, 0.1) is 0 Å². The quantitative estimate of drug-likeness (QED) is 0.126. The molecule has 1 fully saturated rings. The molecule has 0 aliphatic carbocycles. The minimum atomic E-state index is 0.173.